The Kier molecular flexibility index (Phi) is 5.93. The zero-order chi connectivity index (χ0) is 20.3. The Hall–Kier alpha value is -2.54. The summed E-state index contributed by atoms with van der Waals surface area (Å²) in [5.74, 6) is 0.383. The molecular formula is C23H21IO4. The molecule has 28 heavy (non-hydrogen) atoms. The second-order valence-corrected chi connectivity index (χ2v) is 7.91. The van der Waals surface area contributed by atoms with Crippen molar-refractivity contribution in [2.45, 2.75) is 26.2 Å². The van der Waals surface area contributed by atoms with E-state index >= 15 is 0 Å². The number of hydrogen-bond acceptors (Lipinski definition) is 4. The zero-order valence-electron chi connectivity index (χ0n) is 15.9. The lowest BCUT2D eigenvalue weighted by Crippen LogP contribution is -2.11. The van der Waals surface area contributed by atoms with Crippen LogP contribution in [-0.2, 0) is 5.41 Å². The molecule has 0 aliphatic carbocycles. The summed E-state index contributed by atoms with van der Waals surface area (Å²) in [6.45, 7) is 6.45. The number of aromatic hydroxyl groups is 1. The number of para-hydroxylation sites is 1. The summed E-state index contributed by atoms with van der Waals surface area (Å²) >= 11 is 1.73. The van der Waals surface area contributed by atoms with E-state index in [0.717, 1.165) is 5.56 Å². The molecule has 0 heterocycles. The number of halogens is 1. The minimum absolute atomic E-state index is 0.0375. The van der Waals surface area contributed by atoms with Crippen molar-refractivity contribution >= 4 is 29.0 Å². The molecule has 0 aromatic heterocycles. The molecule has 3 rings (SSSR count). The topological polar surface area (TPSA) is 55.8 Å². The predicted octanol–water partition coefficient (Wildman–Crippen LogP) is 6.30. The monoisotopic (exact) mass is 488 g/mol. The van der Waals surface area contributed by atoms with E-state index in [1.54, 1.807) is 59.4 Å². The van der Waals surface area contributed by atoms with Gasteiger partial charge in [-0.1, -0.05) is 57.2 Å². The van der Waals surface area contributed by atoms with Gasteiger partial charge in [0.2, 0.25) is 0 Å². The highest BCUT2D eigenvalue weighted by Gasteiger charge is 2.18. The fourth-order valence-electron chi connectivity index (χ4n) is 2.84. The molecule has 1 N–H and O–H groups in total. The lowest BCUT2D eigenvalue weighted by molar-refractivity contribution is 0.0734. The van der Waals surface area contributed by atoms with Crippen LogP contribution in [0.5, 0.6) is 17.2 Å². The van der Waals surface area contributed by atoms with Gasteiger partial charge in [0.15, 0.2) is 23.0 Å². The fourth-order valence-corrected chi connectivity index (χ4v) is 3.22. The molecule has 0 aliphatic heterocycles. The van der Waals surface area contributed by atoms with Crippen molar-refractivity contribution < 1.29 is 17.7 Å². The first-order chi connectivity index (χ1) is 13.3. The van der Waals surface area contributed by atoms with Crippen molar-refractivity contribution in [3.05, 3.63) is 77.9 Å². The summed E-state index contributed by atoms with van der Waals surface area (Å²) < 4.78 is 10.9. The van der Waals surface area contributed by atoms with Gasteiger partial charge >= 0.3 is 5.97 Å². The standard InChI is InChI=1S/C23H21IO4/c1-23(2,3)16-10-8-15(9-11-16)19-14-17(25)12-13-20(19)27-22(26)18-6-4-5-7-21(18)28-24/h4-14,25H,1-3H3. The summed E-state index contributed by atoms with van der Waals surface area (Å²) in [5.41, 5.74) is 3.06. The highest BCUT2D eigenvalue weighted by atomic mass is 127. The van der Waals surface area contributed by atoms with Crippen LogP contribution < -0.4 is 7.80 Å². The molecule has 3 aromatic rings. The van der Waals surface area contributed by atoms with Crippen molar-refractivity contribution in [1.29, 1.82) is 0 Å². The van der Waals surface area contributed by atoms with Gasteiger partial charge in [-0.2, -0.15) is 0 Å². The van der Waals surface area contributed by atoms with Gasteiger partial charge in [0.1, 0.15) is 22.8 Å². The number of carbonyl (C=O) groups excluding carboxylic acids is 1. The maximum Gasteiger partial charge on any atom is 0.347 e. The van der Waals surface area contributed by atoms with Gasteiger partial charge in [-0.3, -0.25) is 0 Å². The number of ether oxygens (including phenoxy) is 1. The Morgan fingerprint density at radius 3 is 2.25 bits per heavy atom. The summed E-state index contributed by atoms with van der Waals surface area (Å²) in [4.78, 5) is 12.7. The molecule has 144 valence electrons. The van der Waals surface area contributed by atoms with Gasteiger partial charge in [-0.25, -0.2) is 4.79 Å². The van der Waals surface area contributed by atoms with Crippen LogP contribution in [0.1, 0.15) is 36.7 Å². The van der Waals surface area contributed by atoms with E-state index in [0.29, 0.717) is 22.6 Å². The zero-order valence-corrected chi connectivity index (χ0v) is 18.1. The Morgan fingerprint density at radius 2 is 1.61 bits per heavy atom. The second kappa shape index (κ2) is 8.22. The summed E-state index contributed by atoms with van der Waals surface area (Å²) in [6, 6.07) is 19.6. The molecule has 0 spiro atoms. The van der Waals surface area contributed by atoms with Crippen molar-refractivity contribution in [2.75, 3.05) is 0 Å². The van der Waals surface area contributed by atoms with Gasteiger partial charge in [0.05, 0.1) is 0 Å². The average molecular weight is 488 g/mol. The van der Waals surface area contributed by atoms with E-state index in [4.69, 9.17) is 7.80 Å². The van der Waals surface area contributed by atoms with Gasteiger partial charge in [-0.05, 0) is 46.9 Å². The Labute approximate surface area is 178 Å². The maximum atomic E-state index is 12.7. The first kappa shape index (κ1) is 20.2. The molecule has 0 fully saturated rings. The molecule has 0 saturated carbocycles. The van der Waals surface area contributed by atoms with Crippen LogP contribution in [0.2, 0.25) is 0 Å². The van der Waals surface area contributed by atoms with Crippen LogP contribution >= 0.6 is 23.0 Å². The first-order valence-electron chi connectivity index (χ1n) is 8.83. The van der Waals surface area contributed by atoms with Crippen LogP contribution in [0.3, 0.4) is 0 Å². The van der Waals surface area contributed by atoms with E-state index < -0.39 is 5.97 Å². The van der Waals surface area contributed by atoms with Gasteiger partial charge in [-0.15, -0.1) is 0 Å². The maximum absolute atomic E-state index is 12.7. The van der Waals surface area contributed by atoms with Crippen molar-refractivity contribution in [3.63, 3.8) is 0 Å². The average Bonchev–Trinajstić information content (AvgIpc) is 2.68. The van der Waals surface area contributed by atoms with Gasteiger partial charge in [0.25, 0.3) is 0 Å². The summed E-state index contributed by atoms with van der Waals surface area (Å²) in [6.07, 6.45) is 0. The highest BCUT2D eigenvalue weighted by molar-refractivity contribution is 14.1. The molecule has 0 unspecified atom stereocenters. The SMILES string of the molecule is CC(C)(C)c1ccc(-c2cc(O)ccc2OC(=O)c2ccccc2OI)cc1. The molecule has 0 aliphatic rings. The molecule has 3 aromatic carbocycles. The second-order valence-electron chi connectivity index (χ2n) is 7.47. The molecule has 0 radical (unpaired) electrons. The van der Waals surface area contributed by atoms with Gasteiger partial charge in [0, 0.05) is 5.56 Å². The molecule has 5 heteroatoms. The third kappa shape index (κ3) is 4.47. The number of carbonyl (C=O) groups is 1. The number of rotatable bonds is 4. The van der Waals surface area contributed by atoms with Crippen molar-refractivity contribution in [2.24, 2.45) is 0 Å². The normalized spacial score (nSPS) is 11.1. The van der Waals surface area contributed by atoms with E-state index in [2.05, 4.69) is 20.8 Å². The molecule has 0 amide bonds. The number of hydrogen-bond donors (Lipinski definition) is 1. The third-order valence-electron chi connectivity index (χ3n) is 4.42. The van der Waals surface area contributed by atoms with E-state index in [-0.39, 0.29) is 11.2 Å². The third-order valence-corrected chi connectivity index (χ3v) is 4.89. The Balaban J connectivity index is 1.96. The van der Waals surface area contributed by atoms with Crippen LogP contribution in [0.25, 0.3) is 11.1 Å². The molecular weight excluding hydrogens is 467 g/mol. The smallest absolute Gasteiger partial charge is 0.347 e. The number of phenols is 1. The van der Waals surface area contributed by atoms with E-state index in [1.807, 2.05) is 24.3 Å². The highest BCUT2D eigenvalue weighted by Crippen LogP contribution is 2.35. The summed E-state index contributed by atoms with van der Waals surface area (Å²) in [5, 5.41) is 9.95. The van der Waals surface area contributed by atoms with E-state index in [1.165, 1.54) is 11.6 Å². The van der Waals surface area contributed by atoms with Crippen molar-refractivity contribution in [1.82, 2.24) is 0 Å². The first-order valence-corrected chi connectivity index (χ1v) is 9.71. The minimum Gasteiger partial charge on any atom is -0.508 e. The van der Waals surface area contributed by atoms with Crippen LogP contribution in [-0.4, -0.2) is 11.1 Å². The van der Waals surface area contributed by atoms with Crippen LogP contribution in [0.4, 0.5) is 0 Å². The molecule has 0 saturated heterocycles. The number of benzene rings is 3. The van der Waals surface area contributed by atoms with Crippen LogP contribution in [0, 0.1) is 0 Å². The molecule has 0 bridgehead atoms. The van der Waals surface area contributed by atoms with Crippen LogP contribution in [0.15, 0.2) is 66.7 Å². The fraction of sp³-hybridized carbons (Fsp3) is 0.174. The lowest BCUT2D eigenvalue weighted by atomic mass is 9.86. The Morgan fingerprint density at radius 1 is 0.929 bits per heavy atom. The quantitative estimate of drug-likeness (QED) is 0.266. The molecule has 4 nitrogen and oxygen atoms in total. The predicted molar refractivity (Wildman–Crippen MR) is 118 cm³/mol. The van der Waals surface area contributed by atoms with E-state index in [9.17, 15) is 9.90 Å². The summed E-state index contributed by atoms with van der Waals surface area (Å²) in [7, 11) is 0. The largest absolute Gasteiger partial charge is 0.508 e. The number of esters is 1. The lowest BCUT2D eigenvalue weighted by Gasteiger charge is -2.19. The van der Waals surface area contributed by atoms with Gasteiger partial charge < -0.3 is 12.9 Å². The minimum atomic E-state index is -0.523. The van der Waals surface area contributed by atoms with Crippen molar-refractivity contribution in [3.8, 4) is 28.4 Å². The number of phenolic OH excluding ortho intramolecular Hbond substituents is 1. The molecule has 0 atom stereocenters. The Bertz CT molecular complexity index is 988.